The maximum Gasteiger partial charge on any atom is 0.338 e. The molecule has 2 saturated heterocycles. The molecule has 0 bridgehead atoms. The number of rotatable bonds is 16. The molecule has 13 nitrogen and oxygen atoms in total. The first-order chi connectivity index (χ1) is 28.7. The number of carbonyl (C=O) groups is 2. The largest absolute Gasteiger partial charge is 0.453 e. The summed E-state index contributed by atoms with van der Waals surface area (Å²) in [6.07, 6.45) is -14.4. The zero-order valence-electron chi connectivity index (χ0n) is 34.6. The molecule has 10 atom stereocenters. The van der Waals surface area contributed by atoms with E-state index in [-0.39, 0.29) is 42.6 Å². The monoisotopic (exact) mass is 844 g/mol. The van der Waals surface area contributed by atoms with E-state index in [4.69, 9.17) is 37.6 Å². The van der Waals surface area contributed by atoms with E-state index in [1.807, 2.05) is 73.8 Å². The third-order valence-corrected chi connectivity index (χ3v) is 15.5. The van der Waals surface area contributed by atoms with E-state index in [2.05, 4.69) is 20.8 Å². The third-order valence-electron chi connectivity index (χ3n) is 11.1. The second-order valence-electron chi connectivity index (χ2n) is 16.5. The lowest BCUT2D eigenvalue weighted by molar-refractivity contribution is -0.354. The fraction of sp³-hybridized carbons (Fsp3) is 0.435. The number of carbonyl (C=O) groups excluding carboxylic acids is 2. The maximum absolute atomic E-state index is 13.8. The predicted octanol–water partition coefficient (Wildman–Crippen LogP) is 5.81. The van der Waals surface area contributed by atoms with Crippen molar-refractivity contribution in [2.24, 2.45) is 0 Å². The molecule has 0 amide bonds. The number of ether oxygens (including phenoxy) is 7. The molecule has 60 heavy (non-hydrogen) atoms. The van der Waals surface area contributed by atoms with Crippen LogP contribution >= 0.6 is 0 Å². The average molecular weight is 845 g/mol. The lowest BCUT2D eigenvalue weighted by Crippen LogP contribution is -2.67. The van der Waals surface area contributed by atoms with Crippen molar-refractivity contribution in [1.29, 1.82) is 0 Å². The van der Waals surface area contributed by atoms with Crippen LogP contribution in [0.25, 0.3) is 0 Å². The van der Waals surface area contributed by atoms with Crippen LogP contribution in [-0.2, 0) is 50.8 Å². The normalized spacial score (nSPS) is 27.2. The second-order valence-corrected chi connectivity index (χ2v) is 21.3. The Morgan fingerprint density at radius 3 is 1.48 bits per heavy atom. The number of hydrogen-bond acceptors (Lipinski definition) is 13. The Hall–Kier alpha value is -4.32. The van der Waals surface area contributed by atoms with Gasteiger partial charge in [0.1, 0.15) is 36.6 Å². The molecule has 0 radical (unpaired) electrons. The molecule has 2 heterocycles. The molecular weight excluding hydrogens is 789 g/mol. The van der Waals surface area contributed by atoms with E-state index in [1.54, 1.807) is 48.5 Å². The number of esters is 2. The SMILES string of the molecule is CC(C)(C)[Si](C)(C)O[C@H]1[C@H](OC(=O)c2ccccc2)[C@H](O)[C@@H](O[C@H]2[C@H](O)[C@H](OC(=O)c3ccccc3)[C@@H](O)O[C@@H]2COCc2ccccc2)O[C@@H]1COCc1ccccc1. The van der Waals surface area contributed by atoms with Gasteiger partial charge in [0.15, 0.2) is 33.1 Å². The molecule has 2 aliphatic heterocycles. The summed E-state index contributed by atoms with van der Waals surface area (Å²) in [5.74, 6) is -1.53. The van der Waals surface area contributed by atoms with E-state index in [0.717, 1.165) is 11.1 Å². The van der Waals surface area contributed by atoms with Crippen LogP contribution in [0.1, 0.15) is 52.6 Å². The van der Waals surface area contributed by atoms with Crippen LogP contribution in [0.4, 0.5) is 0 Å². The molecule has 322 valence electrons. The molecule has 0 spiro atoms. The molecule has 0 saturated carbocycles. The molecule has 2 fully saturated rings. The zero-order valence-corrected chi connectivity index (χ0v) is 35.6. The summed E-state index contributed by atoms with van der Waals surface area (Å²) in [6, 6.07) is 35.4. The lowest BCUT2D eigenvalue weighted by atomic mass is 9.96. The summed E-state index contributed by atoms with van der Waals surface area (Å²) < 4.78 is 49.9. The molecule has 4 aromatic rings. The zero-order chi connectivity index (χ0) is 42.9. The first kappa shape index (κ1) is 45.2. The minimum Gasteiger partial charge on any atom is -0.453 e. The summed E-state index contributed by atoms with van der Waals surface area (Å²) in [7, 11) is -2.66. The van der Waals surface area contributed by atoms with Crippen molar-refractivity contribution < 1.29 is 62.5 Å². The van der Waals surface area contributed by atoms with Gasteiger partial charge in [-0.3, -0.25) is 0 Å². The molecular formula is C46H56O13Si. The highest BCUT2D eigenvalue weighted by Crippen LogP contribution is 2.41. The van der Waals surface area contributed by atoms with Crippen LogP contribution in [0.2, 0.25) is 18.1 Å². The molecule has 3 N–H and O–H groups in total. The summed E-state index contributed by atoms with van der Waals surface area (Å²) >= 11 is 0. The molecule has 0 aliphatic carbocycles. The summed E-state index contributed by atoms with van der Waals surface area (Å²) in [4.78, 5) is 27.0. The summed E-state index contributed by atoms with van der Waals surface area (Å²) in [5.41, 5.74) is 2.20. The van der Waals surface area contributed by atoms with Gasteiger partial charge in [0.05, 0.1) is 37.6 Å². The van der Waals surface area contributed by atoms with Gasteiger partial charge in [0.25, 0.3) is 0 Å². The first-order valence-electron chi connectivity index (χ1n) is 20.2. The van der Waals surface area contributed by atoms with Crippen molar-refractivity contribution in [3.63, 3.8) is 0 Å². The Bertz CT molecular complexity index is 1930. The highest BCUT2D eigenvalue weighted by Gasteiger charge is 2.55. The Morgan fingerprint density at radius 1 is 0.583 bits per heavy atom. The van der Waals surface area contributed by atoms with Crippen molar-refractivity contribution in [3.05, 3.63) is 144 Å². The van der Waals surface area contributed by atoms with Crippen LogP contribution < -0.4 is 0 Å². The van der Waals surface area contributed by atoms with Crippen LogP contribution in [0.3, 0.4) is 0 Å². The highest BCUT2D eigenvalue weighted by atomic mass is 28.4. The number of aliphatic hydroxyl groups is 3. The number of hydrogen-bond donors (Lipinski definition) is 3. The fourth-order valence-electron chi connectivity index (χ4n) is 6.70. The lowest BCUT2D eigenvalue weighted by Gasteiger charge is -2.50. The van der Waals surface area contributed by atoms with Gasteiger partial charge in [-0.25, -0.2) is 9.59 Å². The second kappa shape index (κ2) is 20.5. The Morgan fingerprint density at radius 2 is 1.02 bits per heavy atom. The van der Waals surface area contributed by atoms with E-state index in [9.17, 15) is 24.9 Å². The molecule has 2 aliphatic rings. The van der Waals surface area contributed by atoms with Gasteiger partial charge >= 0.3 is 11.9 Å². The van der Waals surface area contributed by atoms with Gasteiger partial charge in [-0.1, -0.05) is 118 Å². The molecule has 14 heteroatoms. The fourth-order valence-corrected chi connectivity index (χ4v) is 8.01. The Kier molecular flexibility index (Phi) is 15.4. The molecule has 0 aromatic heterocycles. The van der Waals surface area contributed by atoms with Crippen molar-refractivity contribution >= 4 is 20.3 Å². The van der Waals surface area contributed by atoms with Crippen LogP contribution in [0.5, 0.6) is 0 Å². The van der Waals surface area contributed by atoms with Crippen molar-refractivity contribution in [1.82, 2.24) is 0 Å². The Balaban J connectivity index is 1.32. The van der Waals surface area contributed by atoms with Gasteiger partial charge in [0, 0.05) is 0 Å². The number of benzene rings is 4. The van der Waals surface area contributed by atoms with Gasteiger partial charge in [0.2, 0.25) is 0 Å². The summed E-state index contributed by atoms with van der Waals surface area (Å²) in [6.45, 7) is 10.4. The standard InChI is InChI=1S/C46H56O13Si/c1-46(2,3)60(4,5)59-39-35(29-53-27-31-20-12-7-13-21-31)55-45(37(48)40(39)56-42(49)32-22-14-8-15-23-32)58-38-34(28-52-26-30-18-10-6-11-19-30)54-44(51)41(36(38)47)57-43(50)33-24-16-9-17-25-33/h6-25,34-41,44-45,47-48,51H,26-29H2,1-5H3/t34-,35-,36+,37+,38-,39-,40-,41+,44+,45-/m1/s1. The third kappa shape index (κ3) is 11.5. The average Bonchev–Trinajstić information content (AvgIpc) is 3.24. The van der Waals surface area contributed by atoms with E-state index < -0.39 is 81.7 Å². The maximum atomic E-state index is 13.8. The van der Waals surface area contributed by atoms with Gasteiger partial charge < -0.3 is 52.9 Å². The van der Waals surface area contributed by atoms with Crippen molar-refractivity contribution in [3.8, 4) is 0 Å². The smallest absolute Gasteiger partial charge is 0.338 e. The topological polar surface area (TPSA) is 169 Å². The quantitative estimate of drug-likeness (QED) is 0.0914. The Labute approximate surface area is 352 Å². The van der Waals surface area contributed by atoms with Crippen LogP contribution in [0.15, 0.2) is 121 Å². The van der Waals surface area contributed by atoms with Crippen molar-refractivity contribution in [2.75, 3.05) is 13.2 Å². The van der Waals surface area contributed by atoms with Crippen LogP contribution in [0, 0.1) is 0 Å². The predicted molar refractivity (Wildman–Crippen MR) is 222 cm³/mol. The minimum absolute atomic E-state index is 0.0660. The molecule has 6 rings (SSSR count). The van der Waals surface area contributed by atoms with Gasteiger partial charge in [-0.15, -0.1) is 0 Å². The minimum atomic E-state index is -2.66. The molecule has 4 aromatic carbocycles. The van der Waals surface area contributed by atoms with Crippen LogP contribution in [-0.4, -0.2) is 110 Å². The van der Waals surface area contributed by atoms with E-state index in [1.165, 1.54) is 12.1 Å². The van der Waals surface area contributed by atoms with Gasteiger partial charge in [-0.05, 0) is 53.5 Å². The molecule has 0 unspecified atom stereocenters. The van der Waals surface area contributed by atoms with Gasteiger partial charge in [-0.2, -0.15) is 0 Å². The highest BCUT2D eigenvalue weighted by molar-refractivity contribution is 6.74. The first-order valence-corrected chi connectivity index (χ1v) is 23.1. The van der Waals surface area contributed by atoms with Crippen molar-refractivity contribution in [2.45, 2.75) is 114 Å². The number of aliphatic hydroxyl groups excluding tert-OH is 3. The van der Waals surface area contributed by atoms with E-state index >= 15 is 0 Å². The van der Waals surface area contributed by atoms with E-state index in [0.29, 0.717) is 0 Å². The summed E-state index contributed by atoms with van der Waals surface area (Å²) in [5, 5.41) is 35.0.